The molecule has 1 aliphatic rings. The van der Waals surface area contributed by atoms with Crippen LogP contribution in [0.2, 0.25) is 0 Å². The summed E-state index contributed by atoms with van der Waals surface area (Å²) in [6, 6.07) is 16.4. The van der Waals surface area contributed by atoms with Gasteiger partial charge in [-0.2, -0.15) is 0 Å². The van der Waals surface area contributed by atoms with Crippen molar-refractivity contribution in [3.8, 4) is 11.5 Å². The molecular formula is C26H26FN3O4. The molecule has 4 rings (SSSR count). The van der Waals surface area contributed by atoms with Crippen LogP contribution in [0.15, 0.2) is 66.9 Å². The largest absolute Gasteiger partial charge is 0.493 e. The lowest BCUT2D eigenvalue weighted by Crippen LogP contribution is -2.35. The second kappa shape index (κ2) is 10.3. The summed E-state index contributed by atoms with van der Waals surface area (Å²) in [5.41, 5.74) is 1.89. The topological polar surface area (TPSA) is 80.8 Å². The van der Waals surface area contributed by atoms with Gasteiger partial charge < -0.3 is 19.7 Å². The maximum atomic E-state index is 13.3. The summed E-state index contributed by atoms with van der Waals surface area (Å²) in [7, 11) is 3.10. The Morgan fingerprint density at radius 3 is 2.50 bits per heavy atom. The molecule has 2 atom stereocenters. The van der Waals surface area contributed by atoms with Gasteiger partial charge in [-0.1, -0.05) is 18.2 Å². The summed E-state index contributed by atoms with van der Waals surface area (Å²) in [5.74, 6) is -0.609. The molecule has 2 unspecified atom stereocenters. The number of ether oxygens (including phenoxy) is 2. The molecule has 1 fully saturated rings. The van der Waals surface area contributed by atoms with Gasteiger partial charge in [-0.05, 0) is 42.5 Å². The van der Waals surface area contributed by atoms with Crippen molar-refractivity contribution in [2.75, 3.05) is 27.3 Å². The smallest absolute Gasteiger partial charge is 0.253 e. The van der Waals surface area contributed by atoms with Crippen LogP contribution in [0.1, 0.15) is 27.5 Å². The fraction of sp³-hybridized carbons (Fsp3) is 0.269. The molecule has 8 heteroatoms. The van der Waals surface area contributed by atoms with Crippen LogP contribution >= 0.6 is 0 Å². The van der Waals surface area contributed by atoms with E-state index >= 15 is 0 Å². The lowest BCUT2D eigenvalue weighted by molar-refractivity contribution is -0.125. The van der Waals surface area contributed by atoms with Gasteiger partial charge in [0.05, 0.1) is 32.4 Å². The van der Waals surface area contributed by atoms with Crippen molar-refractivity contribution in [3.05, 3.63) is 89.5 Å². The number of rotatable bonds is 7. The highest BCUT2D eigenvalue weighted by Crippen LogP contribution is 2.42. The quantitative estimate of drug-likeness (QED) is 0.581. The molecule has 1 saturated heterocycles. The van der Waals surface area contributed by atoms with Gasteiger partial charge in [0.15, 0.2) is 11.5 Å². The molecule has 0 radical (unpaired) electrons. The molecule has 0 saturated carbocycles. The first-order valence-corrected chi connectivity index (χ1v) is 10.9. The molecular weight excluding hydrogens is 437 g/mol. The number of hydrogen-bond acceptors (Lipinski definition) is 5. The van der Waals surface area contributed by atoms with Gasteiger partial charge in [0.25, 0.3) is 5.91 Å². The zero-order valence-electron chi connectivity index (χ0n) is 19.0. The predicted octanol–water partition coefficient (Wildman–Crippen LogP) is 3.41. The minimum Gasteiger partial charge on any atom is -0.493 e. The SMILES string of the molecule is COc1cccc(C2CN(C(=O)c3ccc(F)cc3)CC2C(=O)NCc2ccccn2)c1OC. The average Bonchev–Trinajstić information content (AvgIpc) is 3.32. The number of hydrogen-bond donors (Lipinski definition) is 1. The van der Waals surface area contributed by atoms with E-state index < -0.39 is 11.7 Å². The number of amides is 2. The Bertz CT molecular complexity index is 1150. The zero-order valence-corrected chi connectivity index (χ0v) is 19.0. The van der Waals surface area contributed by atoms with Crippen LogP contribution in [0, 0.1) is 11.7 Å². The van der Waals surface area contributed by atoms with Gasteiger partial charge in [-0.25, -0.2) is 4.39 Å². The molecule has 2 aromatic carbocycles. The van der Waals surface area contributed by atoms with Gasteiger partial charge in [-0.15, -0.1) is 0 Å². The predicted molar refractivity (Wildman–Crippen MR) is 124 cm³/mol. The van der Waals surface area contributed by atoms with Crippen molar-refractivity contribution < 1.29 is 23.5 Å². The van der Waals surface area contributed by atoms with E-state index in [1.807, 2.05) is 30.3 Å². The molecule has 2 heterocycles. The Morgan fingerprint density at radius 1 is 1.03 bits per heavy atom. The Morgan fingerprint density at radius 2 is 1.82 bits per heavy atom. The van der Waals surface area contributed by atoms with Gasteiger partial charge >= 0.3 is 0 Å². The summed E-state index contributed by atoms with van der Waals surface area (Å²) in [5, 5.41) is 2.95. The van der Waals surface area contributed by atoms with Gasteiger partial charge in [0.2, 0.25) is 5.91 Å². The first-order chi connectivity index (χ1) is 16.5. The molecule has 0 spiro atoms. The first-order valence-electron chi connectivity index (χ1n) is 10.9. The lowest BCUT2D eigenvalue weighted by Gasteiger charge is -2.21. The molecule has 7 nitrogen and oxygen atoms in total. The van der Waals surface area contributed by atoms with E-state index in [9.17, 15) is 14.0 Å². The van der Waals surface area contributed by atoms with Crippen LogP contribution in [-0.2, 0) is 11.3 Å². The van der Waals surface area contributed by atoms with Crippen LogP contribution < -0.4 is 14.8 Å². The highest BCUT2D eigenvalue weighted by atomic mass is 19.1. The van der Waals surface area contributed by atoms with Crippen LogP contribution in [0.4, 0.5) is 4.39 Å². The number of nitrogens with one attached hydrogen (secondary N) is 1. The van der Waals surface area contributed by atoms with E-state index in [4.69, 9.17) is 9.47 Å². The molecule has 176 valence electrons. The van der Waals surface area contributed by atoms with Crippen LogP contribution in [0.3, 0.4) is 0 Å². The van der Waals surface area contributed by atoms with Crippen LogP contribution in [0.25, 0.3) is 0 Å². The third kappa shape index (κ3) is 4.85. The van der Waals surface area contributed by atoms with Gasteiger partial charge in [0, 0.05) is 36.3 Å². The fourth-order valence-corrected chi connectivity index (χ4v) is 4.34. The zero-order chi connectivity index (χ0) is 24.1. The van der Waals surface area contributed by atoms with E-state index in [1.54, 1.807) is 31.4 Å². The van der Waals surface area contributed by atoms with Crippen molar-refractivity contribution in [3.63, 3.8) is 0 Å². The Balaban J connectivity index is 1.62. The molecule has 1 N–H and O–H groups in total. The molecule has 1 aromatic heterocycles. The van der Waals surface area contributed by atoms with Crippen LogP contribution in [0.5, 0.6) is 11.5 Å². The maximum Gasteiger partial charge on any atom is 0.253 e. The minimum atomic E-state index is -0.519. The number of aromatic nitrogens is 1. The third-order valence-electron chi connectivity index (χ3n) is 6.04. The fourth-order valence-electron chi connectivity index (χ4n) is 4.34. The second-order valence-electron chi connectivity index (χ2n) is 8.05. The summed E-state index contributed by atoms with van der Waals surface area (Å²) in [6.07, 6.45) is 1.67. The summed E-state index contributed by atoms with van der Waals surface area (Å²) in [6.45, 7) is 0.806. The van der Waals surface area contributed by atoms with E-state index in [1.165, 1.54) is 24.3 Å². The van der Waals surface area contributed by atoms with E-state index in [0.29, 0.717) is 23.6 Å². The highest BCUT2D eigenvalue weighted by Gasteiger charge is 2.42. The van der Waals surface area contributed by atoms with Crippen LogP contribution in [-0.4, -0.2) is 49.0 Å². The van der Waals surface area contributed by atoms with E-state index in [2.05, 4.69) is 10.3 Å². The van der Waals surface area contributed by atoms with Gasteiger partial charge in [0.1, 0.15) is 5.82 Å². The third-order valence-corrected chi connectivity index (χ3v) is 6.04. The first kappa shape index (κ1) is 23.2. The number of likely N-dealkylation sites (tertiary alicyclic amines) is 1. The average molecular weight is 464 g/mol. The maximum absolute atomic E-state index is 13.3. The second-order valence-corrected chi connectivity index (χ2v) is 8.05. The highest BCUT2D eigenvalue weighted by molar-refractivity contribution is 5.95. The number of benzene rings is 2. The standard InChI is InChI=1S/C26H26FN3O4/c1-33-23-8-5-7-20(24(23)34-2)21-15-30(26(32)17-9-11-18(27)12-10-17)16-22(21)25(31)29-14-19-6-3-4-13-28-19/h3-13,21-22H,14-16H2,1-2H3,(H,29,31). The van der Waals surface area contributed by atoms with Crippen molar-refractivity contribution in [1.29, 1.82) is 0 Å². The lowest BCUT2D eigenvalue weighted by atomic mass is 9.87. The number of pyridine rings is 1. The summed E-state index contributed by atoms with van der Waals surface area (Å²) < 4.78 is 24.4. The number of carbonyl (C=O) groups is 2. The van der Waals surface area contributed by atoms with E-state index in [0.717, 1.165) is 11.3 Å². The number of nitrogens with zero attached hydrogens (tertiary/aromatic N) is 2. The number of halogens is 1. The van der Waals surface area contributed by atoms with Gasteiger partial charge in [-0.3, -0.25) is 14.6 Å². The molecule has 1 aliphatic heterocycles. The van der Waals surface area contributed by atoms with Crippen molar-refractivity contribution in [2.24, 2.45) is 5.92 Å². The van der Waals surface area contributed by atoms with Crippen molar-refractivity contribution in [2.45, 2.75) is 12.5 Å². The van der Waals surface area contributed by atoms with Crippen molar-refractivity contribution >= 4 is 11.8 Å². The summed E-state index contributed by atoms with van der Waals surface area (Å²) >= 11 is 0. The Hall–Kier alpha value is -3.94. The van der Waals surface area contributed by atoms with E-state index in [-0.39, 0.29) is 30.8 Å². The molecule has 3 aromatic rings. The summed E-state index contributed by atoms with van der Waals surface area (Å²) in [4.78, 5) is 32.3. The minimum absolute atomic E-state index is 0.185. The molecule has 0 bridgehead atoms. The number of carbonyl (C=O) groups excluding carboxylic acids is 2. The molecule has 0 aliphatic carbocycles. The normalized spacial score (nSPS) is 17.3. The molecule has 2 amide bonds. The number of para-hydroxylation sites is 1. The van der Waals surface area contributed by atoms with Crippen molar-refractivity contribution in [1.82, 2.24) is 15.2 Å². The number of methoxy groups -OCH3 is 2. The Labute approximate surface area is 197 Å². The monoisotopic (exact) mass is 463 g/mol. The molecule has 34 heavy (non-hydrogen) atoms. The Kier molecular flexibility index (Phi) is 7.06.